The van der Waals surface area contributed by atoms with E-state index in [4.69, 9.17) is 4.74 Å². The number of rotatable bonds is 8. The average Bonchev–Trinajstić information content (AvgIpc) is 3.58. The van der Waals surface area contributed by atoms with Crippen molar-refractivity contribution < 1.29 is 24.5 Å². The molecule has 2 fully saturated rings. The molecule has 0 unspecified atom stereocenters. The van der Waals surface area contributed by atoms with E-state index in [1.807, 2.05) is 29.6 Å². The number of phenolic OH excluding ortho intramolecular Hbond substituents is 1. The minimum absolute atomic E-state index is 0.102. The molecule has 35 heavy (non-hydrogen) atoms. The van der Waals surface area contributed by atoms with Crippen molar-refractivity contribution in [3.05, 3.63) is 68.9 Å². The van der Waals surface area contributed by atoms with Crippen LogP contribution >= 0.6 is 11.3 Å². The molecule has 0 radical (unpaired) electrons. The van der Waals surface area contributed by atoms with Crippen LogP contribution in [0.25, 0.3) is 6.08 Å². The van der Waals surface area contributed by atoms with Crippen molar-refractivity contribution in [1.29, 1.82) is 0 Å². The quantitative estimate of drug-likeness (QED) is 0.417. The molecular formula is C28H31NO5S. The smallest absolute Gasteiger partial charge is 0.234 e. The van der Waals surface area contributed by atoms with Gasteiger partial charge in [0.1, 0.15) is 5.75 Å². The van der Waals surface area contributed by atoms with Crippen LogP contribution < -0.4 is 0 Å². The molecule has 3 heterocycles. The number of ether oxygens (including phenoxy) is 1. The van der Waals surface area contributed by atoms with E-state index in [0.29, 0.717) is 19.6 Å². The maximum atomic E-state index is 13.4. The zero-order valence-corrected chi connectivity index (χ0v) is 20.7. The van der Waals surface area contributed by atoms with E-state index in [9.17, 15) is 19.8 Å². The molecule has 1 aromatic carbocycles. The molecule has 2 N–H and O–H groups in total. The van der Waals surface area contributed by atoms with Gasteiger partial charge >= 0.3 is 0 Å². The van der Waals surface area contributed by atoms with Crippen LogP contribution in [0.1, 0.15) is 43.0 Å². The van der Waals surface area contributed by atoms with Gasteiger partial charge in [0.25, 0.3) is 0 Å². The number of fused-ring (bicyclic) bond motifs is 3. The fraction of sp³-hybridized carbons (Fsp3) is 0.429. The average molecular weight is 494 g/mol. The molecule has 0 saturated carbocycles. The standard InChI is InChI=1S/C28H31NO5S/c1-2-17(11-18-5-3-6-20(31)12-18)8-9-24-25-19(15-30)13-22-26(23(25)16-34-24)28(33)29(27(22)32)14-21-7-4-10-35-21/h3-7,10-12,22-24,26,30-31H,2,8-9,13-16H2,1H3/b17-11+/t22-,23+,24-,26-/m1/s1. The molecule has 5 rings (SSSR count). The van der Waals surface area contributed by atoms with Gasteiger partial charge in [-0.15, -0.1) is 11.3 Å². The van der Waals surface area contributed by atoms with E-state index in [1.165, 1.54) is 10.5 Å². The zero-order valence-electron chi connectivity index (χ0n) is 19.9. The number of likely N-dealkylation sites (tertiary alicyclic amines) is 1. The Morgan fingerprint density at radius 2 is 2.06 bits per heavy atom. The molecule has 2 amide bonds. The number of aromatic hydroxyl groups is 1. The summed E-state index contributed by atoms with van der Waals surface area (Å²) in [4.78, 5) is 29.0. The highest BCUT2D eigenvalue weighted by Gasteiger charge is 2.56. The van der Waals surface area contributed by atoms with Gasteiger partial charge in [0.05, 0.1) is 37.7 Å². The summed E-state index contributed by atoms with van der Waals surface area (Å²) in [5.74, 6) is -0.927. The van der Waals surface area contributed by atoms with Gasteiger partial charge in [-0.1, -0.05) is 36.8 Å². The summed E-state index contributed by atoms with van der Waals surface area (Å²) in [6, 6.07) is 11.1. The maximum absolute atomic E-state index is 13.4. The lowest BCUT2D eigenvalue weighted by Crippen LogP contribution is -2.34. The highest BCUT2D eigenvalue weighted by atomic mass is 32.1. The number of allylic oxidation sites excluding steroid dienone is 1. The van der Waals surface area contributed by atoms with Gasteiger partial charge in [0.2, 0.25) is 11.8 Å². The second kappa shape index (κ2) is 10.1. The Kier molecular flexibility index (Phi) is 6.91. The van der Waals surface area contributed by atoms with Crippen LogP contribution in [0.3, 0.4) is 0 Å². The first-order chi connectivity index (χ1) is 17.0. The fourth-order valence-corrected chi connectivity index (χ4v) is 6.61. The molecular weight excluding hydrogens is 462 g/mol. The van der Waals surface area contributed by atoms with Crippen molar-refractivity contribution in [2.75, 3.05) is 13.2 Å². The molecule has 0 spiro atoms. The number of imide groups is 1. The number of aliphatic hydroxyl groups is 1. The van der Waals surface area contributed by atoms with Gasteiger partial charge in [0, 0.05) is 10.8 Å². The second-order valence-electron chi connectivity index (χ2n) is 9.61. The summed E-state index contributed by atoms with van der Waals surface area (Å²) in [5, 5.41) is 21.9. The van der Waals surface area contributed by atoms with Crippen molar-refractivity contribution in [2.24, 2.45) is 17.8 Å². The van der Waals surface area contributed by atoms with E-state index in [-0.39, 0.29) is 36.2 Å². The van der Waals surface area contributed by atoms with Crippen LogP contribution in [0.15, 0.2) is 58.5 Å². The van der Waals surface area contributed by atoms with Crippen LogP contribution in [0.5, 0.6) is 5.75 Å². The van der Waals surface area contributed by atoms with Crippen molar-refractivity contribution in [1.82, 2.24) is 4.90 Å². The molecule has 2 aromatic rings. The number of benzene rings is 1. The number of phenols is 1. The minimum Gasteiger partial charge on any atom is -0.508 e. The van der Waals surface area contributed by atoms with Crippen molar-refractivity contribution in [2.45, 2.75) is 45.3 Å². The lowest BCUT2D eigenvalue weighted by molar-refractivity contribution is -0.140. The monoisotopic (exact) mass is 493 g/mol. The Bertz CT molecular complexity index is 1170. The number of hydrogen-bond acceptors (Lipinski definition) is 6. The number of aliphatic hydroxyl groups excluding tert-OH is 1. The number of carbonyl (C=O) groups is 2. The van der Waals surface area contributed by atoms with Crippen molar-refractivity contribution >= 4 is 29.2 Å². The van der Waals surface area contributed by atoms with Crippen LogP contribution in [-0.4, -0.2) is 46.2 Å². The summed E-state index contributed by atoms with van der Waals surface area (Å²) in [6.07, 6.45) is 4.83. The predicted octanol–water partition coefficient (Wildman–Crippen LogP) is 4.54. The molecule has 1 aromatic heterocycles. The Labute approximate surface area is 209 Å². The Morgan fingerprint density at radius 3 is 2.77 bits per heavy atom. The summed E-state index contributed by atoms with van der Waals surface area (Å²) in [5.41, 5.74) is 4.12. The number of nitrogens with zero attached hydrogens (tertiary/aromatic N) is 1. The number of hydrogen-bond donors (Lipinski definition) is 2. The summed E-state index contributed by atoms with van der Waals surface area (Å²) < 4.78 is 6.21. The number of amides is 2. The molecule has 7 heteroatoms. The molecule has 3 aliphatic rings. The molecule has 2 saturated heterocycles. The Hall–Kier alpha value is -2.74. The SMILES string of the molecule is CC/C(=C\c1cccc(O)c1)CC[C@H]1OC[C@H]2C1=C(CO)C[C@H]1C(=O)N(Cc3cccs3)C(=O)[C@H]12. The van der Waals surface area contributed by atoms with Crippen molar-refractivity contribution in [3.63, 3.8) is 0 Å². The van der Waals surface area contributed by atoms with E-state index in [1.54, 1.807) is 23.5 Å². The predicted molar refractivity (Wildman–Crippen MR) is 134 cm³/mol. The molecule has 4 atom stereocenters. The normalized spacial score (nSPS) is 26.5. The summed E-state index contributed by atoms with van der Waals surface area (Å²) in [7, 11) is 0. The van der Waals surface area contributed by atoms with Gasteiger partial charge in [0.15, 0.2) is 0 Å². The van der Waals surface area contributed by atoms with Crippen LogP contribution in [0.2, 0.25) is 0 Å². The van der Waals surface area contributed by atoms with E-state index in [0.717, 1.165) is 40.8 Å². The summed E-state index contributed by atoms with van der Waals surface area (Å²) >= 11 is 1.54. The van der Waals surface area contributed by atoms with Crippen LogP contribution in [0.4, 0.5) is 0 Å². The van der Waals surface area contributed by atoms with Gasteiger partial charge in [-0.2, -0.15) is 0 Å². The fourth-order valence-electron chi connectivity index (χ4n) is 5.92. The topological polar surface area (TPSA) is 87.1 Å². The van der Waals surface area contributed by atoms with Gasteiger partial charge in [-0.05, 0) is 66.0 Å². The van der Waals surface area contributed by atoms with E-state index in [2.05, 4.69) is 13.0 Å². The second-order valence-corrected chi connectivity index (χ2v) is 10.6. The molecule has 0 bridgehead atoms. The Balaban J connectivity index is 1.33. The third kappa shape index (κ3) is 4.60. The van der Waals surface area contributed by atoms with Crippen molar-refractivity contribution in [3.8, 4) is 5.75 Å². The number of thiophene rings is 1. The zero-order chi connectivity index (χ0) is 24.5. The first kappa shape index (κ1) is 24.0. The highest BCUT2D eigenvalue weighted by molar-refractivity contribution is 7.09. The Morgan fingerprint density at radius 1 is 1.20 bits per heavy atom. The largest absolute Gasteiger partial charge is 0.508 e. The lowest BCUT2D eigenvalue weighted by Gasteiger charge is -2.31. The summed E-state index contributed by atoms with van der Waals surface area (Å²) in [6.45, 7) is 2.74. The van der Waals surface area contributed by atoms with Crippen LogP contribution in [0, 0.1) is 17.8 Å². The van der Waals surface area contributed by atoms with Gasteiger partial charge < -0.3 is 14.9 Å². The van der Waals surface area contributed by atoms with Gasteiger partial charge in [-0.25, -0.2) is 0 Å². The third-order valence-electron chi connectivity index (χ3n) is 7.61. The number of carbonyl (C=O) groups excluding carboxylic acids is 2. The molecule has 1 aliphatic carbocycles. The highest BCUT2D eigenvalue weighted by Crippen LogP contribution is 2.50. The third-order valence-corrected chi connectivity index (χ3v) is 8.47. The van der Waals surface area contributed by atoms with E-state index < -0.39 is 11.8 Å². The lowest BCUT2D eigenvalue weighted by atomic mass is 9.69. The minimum atomic E-state index is -0.405. The first-order valence-electron chi connectivity index (χ1n) is 12.3. The van der Waals surface area contributed by atoms with E-state index >= 15 is 0 Å². The maximum Gasteiger partial charge on any atom is 0.234 e. The van der Waals surface area contributed by atoms with Crippen LogP contribution in [-0.2, 0) is 20.9 Å². The first-order valence-corrected chi connectivity index (χ1v) is 13.2. The molecule has 6 nitrogen and oxygen atoms in total. The molecule has 2 aliphatic heterocycles. The van der Waals surface area contributed by atoms with Gasteiger partial charge in [-0.3, -0.25) is 14.5 Å². The molecule has 184 valence electrons.